The molecule has 1 N–H and O–H groups in total. The Labute approximate surface area is 503 Å². The summed E-state index contributed by atoms with van der Waals surface area (Å²) in [5.41, 5.74) is 6.74. The number of aliphatic hydroxyl groups is 1. The number of piperazine rings is 2. The molecule has 2 amide bonds. The second-order valence-electron chi connectivity index (χ2n) is 22.1. The van der Waals surface area contributed by atoms with Gasteiger partial charge in [0.25, 0.3) is 0 Å². The highest BCUT2D eigenvalue weighted by Gasteiger charge is 2.41. The maximum absolute atomic E-state index is 12.7. The Morgan fingerprint density at radius 3 is 1.53 bits per heavy atom. The molecule has 2 aliphatic carbocycles. The van der Waals surface area contributed by atoms with E-state index in [9.17, 15) is 19.5 Å². The van der Waals surface area contributed by atoms with E-state index in [1.165, 1.54) is 3.70 Å². The number of ketones is 1. The van der Waals surface area contributed by atoms with E-state index >= 15 is 0 Å². The number of carbonyl (C=O) groups excluding carboxylic acids is 3. The van der Waals surface area contributed by atoms with Crippen LogP contribution in [0.5, 0.6) is 0 Å². The monoisotopic (exact) mass is 1350 g/mol. The quantitative estimate of drug-likeness (QED) is 0.164. The van der Waals surface area contributed by atoms with E-state index in [0.29, 0.717) is 79.2 Å². The molecular weight excluding hydrogens is 1290 g/mol. The number of amides is 2. The lowest BCUT2D eigenvalue weighted by molar-refractivity contribution is -0.111. The molecular formula is C59H66Br2Cl2IN9O6. The number of hydrogen-bond acceptors (Lipinski definition) is 11. The molecule has 2 saturated heterocycles. The van der Waals surface area contributed by atoms with Crippen LogP contribution in [0.25, 0.3) is 23.3 Å². The molecule has 418 valence electrons. The fourth-order valence-electron chi connectivity index (χ4n) is 10.2. The lowest BCUT2D eigenvalue weighted by Gasteiger charge is -2.40. The first-order valence-corrected chi connectivity index (χ1v) is 29.4. The van der Waals surface area contributed by atoms with Crippen LogP contribution >= 0.6 is 77.7 Å². The SMILES string of the molecule is CC(=O)C1=Cc2cc(Br)cnc2[C@H](N2CCN(C(=O)OC(C)(C)C)CC2)c2ccc(Cl)cc21.Cn1cccc1I.Cn1cncc1C(C)(O)C1=Cc2cc(Br)cnc2[C@H](N2CCN(C(=O)OC(C)(C)C)CC2)c2ccc(Cl)cc21. The minimum atomic E-state index is -1.37. The Balaban J connectivity index is 0.000000187. The number of carbonyl (C=O) groups is 3. The van der Waals surface area contributed by atoms with Crippen molar-refractivity contribution in [3.63, 3.8) is 0 Å². The molecule has 0 saturated carbocycles. The van der Waals surface area contributed by atoms with E-state index in [0.717, 1.165) is 53.7 Å². The van der Waals surface area contributed by atoms with Gasteiger partial charge in [-0.25, -0.2) is 14.6 Å². The van der Waals surface area contributed by atoms with Gasteiger partial charge < -0.3 is 33.5 Å². The first kappa shape index (κ1) is 60.2. The molecule has 1 unspecified atom stereocenters. The molecule has 4 aliphatic rings. The minimum absolute atomic E-state index is 0.0279. The van der Waals surface area contributed by atoms with E-state index in [1.54, 1.807) is 48.6 Å². The van der Waals surface area contributed by atoms with Crippen LogP contribution in [-0.4, -0.2) is 130 Å². The van der Waals surface area contributed by atoms with Crippen LogP contribution in [0.2, 0.25) is 10.0 Å². The molecule has 2 aliphatic heterocycles. The molecule has 0 bridgehead atoms. The van der Waals surface area contributed by atoms with Gasteiger partial charge in [0.15, 0.2) is 5.78 Å². The van der Waals surface area contributed by atoms with E-state index in [-0.39, 0.29) is 30.1 Å². The Morgan fingerprint density at radius 2 is 1.13 bits per heavy atom. The highest BCUT2D eigenvalue weighted by Crippen LogP contribution is 2.47. The first-order valence-electron chi connectivity index (χ1n) is 25.9. The molecule has 20 heteroatoms. The highest BCUT2D eigenvalue weighted by molar-refractivity contribution is 14.1. The minimum Gasteiger partial charge on any atom is -0.444 e. The molecule has 3 atom stereocenters. The van der Waals surface area contributed by atoms with Crippen LogP contribution in [0.4, 0.5) is 9.59 Å². The molecule has 15 nitrogen and oxygen atoms in total. The van der Waals surface area contributed by atoms with Gasteiger partial charge in [0.2, 0.25) is 0 Å². The Morgan fingerprint density at radius 1 is 0.658 bits per heavy atom. The van der Waals surface area contributed by atoms with Crippen LogP contribution in [0, 0.1) is 3.70 Å². The fraction of sp³-hybridized carbons (Fsp3) is 0.390. The summed E-state index contributed by atoms with van der Waals surface area (Å²) in [6, 6.07) is 19.2. The van der Waals surface area contributed by atoms with Gasteiger partial charge in [0.05, 0.1) is 45.4 Å². The number of Topliss-reactive ketones (excluding diaryl/α,β-unsaturated/α-hetero) is 1. The topological polar surface area (TPSA) is 151 Å². The number of benzene rings is 2. The molecule has 4 aromatic heterocycles. The number of rotatable bonds is 5. The Hall–Kier alpha value is -4.93. The predicted octanol–water partition coefficient (Wildman–Crippen LogP) is 12.8. The number of nitrogens with zero attached hydrogens (tertiary/aromatic N) is 9. The van der Waals surface area contributed by atoms with Crippen molar-refractivity contribution in [1.29, 1.82) is 0 Å². The maximum Gasteiger partial charge on any atom is 0.410 e. The van der Waals surface area contributed by atoms with Gasteiger partial charge in [-0.05, 0) is 209 Å². The van der Waals surface area contributed by atoms with Crippen molar-refractivity contribution in [2.24, 2.45) is 14.1 Å². The highest BCUT2D eigenvalue weighted by atomic mass is 127. The molecule has 6 heterocycles. The maximum atomic E-state index is 12.7. The van der Waals surface area contributed by atoms with Gasteiger partial charge >= 0.3 is 12.2 Å². The number of ether oxygens (including phenoxy) is 2. The van der Waals surface area contributed by atoms with Crippen LogP contribution in [0.3, 0.4) is 0 Å². The molecule has 2 aromatic carbocycles. The molecule has 2 fully saturated rings. The summed E-state index contributed by atoms with van der Waals surface area (Å²) in [4.78, 5) is 60.0. The number of pyridine rings is 2. The van der Waals surface area contributed by atoms with Gasteiger partial charge in [-0.1, -0.05) is 35.3 Å². The summed E-state index contributed by atoms with van der Waals surface area (Å²) >= 11 is 22.3. The first-order chi connectivity index (χ1) is 37.2. The molecule has 6 aromatic rings. The molecule has 0 radical (unpaired) electrons. The molecule has 10 rings (SSSR count). The normalized spacial score (nSPS) is 18.2. The lowest BCUT2D eigenvalue weighted by atomic mass is 9.84. The fourth-order valence-corrected chi connectivity index (χ4v) is 11.6. The van der Waals surface area contributed by atoms with Crippen molar-refractivity contribution in [1.82, 2.24) is 43.7 Å². The van der Waals surface area contributed by atoms with Gasteiger partial charge in [-0.15, -0.1) is 0 Å². The van der Waals surface area contributed by atoms with Gasteiger partial charge in [0.1, 0.15) is 16.8 Å². The van der Waals surface area contributed by atoms with Crippen LogP contribution in [-0.2, 0) is 34.0 Å². The smallest absolute Gasteiger partial charge is 0.410 e. The van der Waals surface area contributed by atoms with Crippen molar-refractivity contribution >= 4 is 119 Å². The third-order valence-corrected chi connectivity index (χ3v) is 16.4. The Kier molecular flexibility index (Phi) is 18.8. The zero-order valence-corrected chi connectivity index (χ0v) is 52.9. The number of fused-ring (bicyclic) bond motifs is 4. The average molecular weight is 1350 g/mol. The van der Waals surface area contributed by atoms with Crippen molar-refractivity contribution in [2.45, 2.75) is 84.3 Å². The van der Waals surface area contributed by atoms with Crippen molar-refractivity contribution in [3.05, 3.63) is 165 Å². The summed E-state index contributed by atoms with van der Waals surface area (Å²) in [7, 11) is 3.90. The summed E-state index contributed by atoms with van der Waals surface area (Å²) < 4.78 is 18.0. The number of aryl methyl sites for hydroxylation is 2. The van der Waals surface area contributed by atoms with Gasteiger partial charge in [-0.2, -0.15) is 0 Å². The van der Waals surface area contributed by atoms with Crippen LogP contribution in [0.1, 0.15) is 118 Å². The second-order valence-corrected chi connectivity index (χ2v) is 25.9. The van der Waals surface area contributed by atoms with E-state index in [1.807, 2.05) is 133 Å². The summed E-state index contributed by atoms with van der Waals surface area (Å²) in [5.74, 6) is -0.0279. The zero-order valence-electron chi connectivity index (χ0n) is 46.0. The summed E-state index contributed by atoms with van der Waals surface area (Å²) in [6.07, 6.45) is 12.3. The van der Waals surface area contributed by atoms with Gasteiger partial charge in [-0.3, -0.25) is 24.6 Å². The standard InChI is InChI=1S/C29H33BrClN5O3.C25H27BrClN3O3.C5H6IN/c1-28(2,3)39-27(37)36-10-8-35(9-11-36)26-21-7-6-20(31)14-22(21)23(13-18-12-19(30)15-33-25(18)26)29(4,38)24-16-32-17-34(24)5;1-15(31)20-12-16-11-17(26)14-28-22(16)23(19-6-5-18(27)13-21(19)20)29-7-9-30(10-8-29)24(32)33-25(2,3)4;1-7-4-2-3-5(7)6/h6-7,12-17,26,38H,8-11H2,1-5H3;5-6,11-14,23H,7-10H2,1-4H3;2-4H,1H3/t26-,29?;23-;/m11./s1. The predicted molar refractivity (Wildman–Crippen MR) is 327 cm³/mol. The molecule has 79 heavy (non-hydrogen) atoms. The average Bonchev–Trinajstić information content (AvgIpc) is 4.04. The summed E-state index contributed by atoms with van der Waals surface area (Å²) in [6.45, 7) is 19.3. The van der Waals surface area contributed by atoms with E-state index in [4.69, 9.17) is 42.6 Å². The third kappa shape index (κ3) is 14.2. The largest absolute Gasteiger partial charge is 0.444 e. The Bertz CT molecular complexity index is 3300. The second kappa shape index (κ2) is 24.7. The van der Waals surface area contributed by atoms with E-state index < -0.39 is 16.8 Å². The van der Waals surface area contributed by atoms with Crippen LogP contribution < -0.4 is 0 Å². The number of allylic oxidation sites excluding steroid dienone is 1. The van der Waals surface area contributed by atoms with Crippen molar-refractivity contribution < 1.29 is 29.0 Å². The number of hydrogen-bond donors (Lipinski definition) is 1. The zero-order chi connectivity index (χ0) is 57.3. The lowest BCUT2D eigenvalue weighted by Crippen LogP contribution is -2.51. The summed E-state index contributed by atoms with van der Waals surface area (Å²) in [5, 5.41) is 13.2. The van der Waals surface area contributed by atoms with Crippen molar-refractivity contribution in [3.8, 4) is 0 Å². The van der Waals surface area contributed by atoms with Crippen molar-refractivity contribution in [2.75, 3.05) is 52.4 Å². The van der Waals surface area contributed by atoms with Crippen LogP contribution in [0.15, 0.2) is 101 Å². The number of imidazole rings is 1. The number of halogens is 5. The molecule has 0 spiro atoms. The third-order valence-electron chi connectivity index (χ3n) is 13.9. The van der Waals surface area contributed by atoms with E-state index in [2.05, 4.69) is 79.9 Å². The number of aromatic nitrogens is 5. The van der Waals surface area contributed by atoms with Gasteiger partial charge in [0, 0.05) is 110 Å².